The van der Waals surface area contributed by atoms with Crippen molar-refractivity contribution in [3.8, 4) is 0 Å². The Balaban J connectivity index is 1.60. The lowest BCUT2D eigenvalue weighted by Crippen LogP contribution is -2.32. The highest BCUT2D eigenvalue weighted by Crippen LogP contribution is 2.30. The molecule has 1 aliphatic rings. The number of carbonyl (C=O) groups is 2. The Morgan fingerprint density at radius 2 is 1.97 bits per heavy atom. The molecule has 0 aliphatic carbocycles. The van der Waals surface area contributed by atoms with Crippen LogP contribution in [-0.2, 0) is 6.54 Å². The number of nitrogens with one attached hydrogen (secondary N) is 1. The molecule has 1 aliphatic heterocycles. The van der Waals surface area contributed by atoms with Crippen LogP contribution in [0, 0.1) is 13.8 Å². The number of hydrogen-bond donors (Lipinski definition) is 1. The Morgan fingerprint density at radius 1 is 1.22 bits per heavy atom. The number of Topliss-reactive ketones (excluding diaryl/α,β-unsaturated/α-hetero) is 2. The predicted molar refractivity (Wildman–Crippen MR) is 124 cm³/mol. The third-order valence-electron chi connectivity index (χ3n) is 5.92. The van der Waals surface area contributed by atoms with E-state index in [1.165, 1.54) is 25.1 Å². The van der Waals surface area contributed by atoms with E-state index in [1.807, 2.05) is 37.5 Å². The smallest absolute Gasteiger partial charge is 0.228 e. The Morgan fingerprint density at radius 3 is 2.59 bits per heavy atom. The van der Waals surface area contributed by atoms with Crippen LogP contribution in [0.15, 0.2) is 28.0 Å². The Bertz CT molecular complexity index is 1110. The molecule has 0 aromatic carbocycles. The van der Waals surface area contributed by atoms with E-state index in [0.717, 1.165) is 43.3 Å². The summed E-state index contributed by atoms with van der Waals surface area (Å²) in [5, 5.41) is 9.19. The summed E-state index contributed by atoms with van der Waals surface area (Å²) >= 11 is 1.38. The van der Waals surface area contributed by atoms with Crippen LogP contribution in [0.4, 0.5) is 5.95 Å². The van der Waals surface area contributed by atoms with E-state index in [4.69, 9.17) is 4.42 Å². The van der Waals surface area contributed by atoms with Gasteiger partial charge in [-0.15, -0.1) is 10.2 Å². The van der Waals surface area contributed by atoms with Crippen molar-refractivity contribution < 1.29 is 14.0 Å². The third-order valence-corrected chi connectivity index (χ3v) is 7.00. The second kappa shape index (κ2) is 9.36. The van der Waals surface area contributed by atoms with Crippen molar-refractivity contribution >= 4 is 29.3 Å². The monoisotopic (exact) mass is 455 g/mol. The van der Waals surface area contributed by atoms with Crippen molar-refractivity contribution in [3.63, 3.8) is 0 Å². The number of furan rings is 1. The number of aromatic nitrogens is 4. The van der Waals surface area contributed by atoms with Gasteiger partial charge in [0, 0.05) is 24.3 Å². The van der Waals surface area contributed by atoms with Crippen LogP contribution in [0.3, 0.4) is 0 Å². The number of H-pyrrole nitrogens is 1. The van der Waals surface area contributed by atoms with Gasteiger partial charge in [-0.1, -0.05) is 11.8 Å². The van der Waals surface area contributed by atoms with Gasteiger partial charge in [-0.3, -0.25) is 14.2 Å². The number of nitrogens with zero attached hydrogens (tertiary/aromatic N) is 4. The maximum Gasteiger partial charge on any atom is 0.228 e. The second-order valence-corrected chi connectivity index (χ2v) is 9.61. The number of ketones is 2. The van der Waals surface area contributed by atoms with Crippen LogP contribution in [0.5, 0.6) is 0 Å². The molecule has 0 radical (unpaired) electrons. The quantitative estimate of drug-likeness (QED) is 0.397. The van der Waals surface area contributed by atoms with Gasteiger partial charge >= 0.3 is 0 Å². The number of piperidine rings is 1. The first kappa shape index (κ1) is 22.4. The fourth-order valence-corrected chi connectivity index (χ4v) is 5.23. The van der Waals surface area contributed by atoms with Crippen LogP contribution in [0.25, 0.3) is 0 Å². The minimum absolute atomic E-state index is 0.0417. The fourth-order valence-electron chi connectivity index (χ4n) is 4.33. The molecule has 32 heavy (non-hydrogen) atoms. The van der Waals surface area contributed by atoms with Gasteiger partial charge in [0.2, 0.25) is 5.95 Å². The molecular weight excluding hydrogens is 426 g/mol. The van der Waals surface area contributed by atoms with Crippen molar-refractivity contribution in [2.75, 3.05) is 18.0 Å². The molecule has 8 nitrogen and oxygen atoms in total. The fraction of sp³-hybridized carbons (Fsp3) is 0.478. The van der Waals surface area contributed by atoms with Crippen molar-refractivity contribution in [2.24, 2.45) is 0 Å². The molecule has 0 bridgehead atoms. The summed E-state index contributed by atoms with van der Waals surface area (Å²) in [6.07, 6.45) is 5.15. The average molecular weight is 456 g/mol. The van der Waals surface area contributed by atoms with Crippen molar-refractivity contribution in [1.29, 1.82) is 0 Å². The molecule has 1 atom stereocenters. The molecule has 3 aromatic heterocycles. The number of aromatic amines is 1. The summed E-state index contributed by atoms with van der Waals surface area (Å²) in [6, 6.07) is 3.79. The highest BCUT2D eigenvalue weighted by atomic mass is 32.2. The molecule has 9 heteroatoms. The summed E-state index contributed by atoms with van der Waals surface area (Å²) in [7, 11) is 0. The number of thioether (sulfide) groups is 1. The minimum atomic E-state index is -0.402. The lowest BCUT2D eigenvalue weighted by atomic mass is 10.0. The van der Waals surface area contributed by atoms with Gasteiger partial charge in [0.15, 0.2) is 16.7 Å². The lowest BCUT2D eigenvalue weighted by molar-refractivity contribution is 0.0988. The summed E-state index contributed by atoms with van der Waals surface area (Å²) < 4.78 is 7.61. The molecule has 1 saturated heterocycles. The molecular formula is C23H29N5O3S. The zero-order valence-corrected chi connectivity index (χ0v) is 19.8. The molecule has 1 fully saturated rings. The Hall–Kier alpha value is -2.81. The zero-order valence-electron chi connectivity index (χ0n) is 19.0. The number of aryl methyl sites for hydroxylation is 1. The zero-order chi connectivity index (χ0) is 22.8. The largest absolute Gasteiger partial charge is 0.467 e. The van der Waals surface area contributed by atoms with Gasteiger partial charge in [-0.2, -0.15) is 0 Å². The van der Waals surface area contributed by atoms with E-state index in [0.29, 0.717) is 28.5 Å². The number of carbonyl (C=O) groups excluding carboxylic acids is 2. The Labute approximate surface area is 191 Å². The minimum Gasteiger partial charge on any atom is -0.467 e. The summed E-state index contributed by atoms with van der Waals surface area (Å²) in [5.74, 6) is 1.52. The first-order valence-corrected chi connectivity index (χ1v) is 11.9. The molecule has 170 valence electrons. The SMILES string of the molecule is CC(=O)c1c(C)[nH]c(C(=O)[C@H](C)Sc2nnc(N3CCCCC3)n2Cc2ccco2)c1C. The van der Waals surface area contributed by atoms with Crippen molar-refractivity contribution in [1.82, 2.24) is 19.7 Å². The van der Waals surface area contributed by atoms with E-state index in [2.05, 4.69) is 20.1 Å². The van der Waals surface area contributed by atoms with Crippen LogP contribution >= 0.6 is 11.8 Å². The molecule has 0 saturated carbocycles. The molecule has 1 N–H and O–H groups in total. The maximum atomic E-state index is 13.2. The molecule has 0 amide bonds. The second-order valence-electron chi connectivity index (χ2n) is 8.30. The number of rotatable bonds is 8. The predicted octanol–water partition coefficient (Wildman–Crippen LogP) is 4.42. The average Bonchev–Trinajstić information content (AvgIpc) is 3.49. The van der Waals surface area contributed by atoms with E-state index >= 15 is 0 Å². The van der Waals surface area contributed by atoms with Gasteiger partial charge in [0.1, 0.15) is 5.76 Å². The molecule has 0 spiro atoms. The van der Waals surface area contributed by atoms with Gasteiger partial charge in [0.05, 0.1) is 23.8 Å². The first-order chi connectivity index (χ1) is 15.4. The van der Waals surface area contributed by atoms with Crippen molar-refractivity contribution in [2.45, 2.75) is 63.9 Å². The first-order valence-electron chi connectivity index (χ1n) is 11.0. The Kier molecular flexibility index (Phi) is 6.55. The van der Waals surface area contributed by atoms with E-state index in [-0.39, 0.29) is 11.6 Å². The molecule has 0 unspecified atom stereocenters. The number of anilines is 1. The van der Waals surface area contributed by atoms with Crippen molar-refractivity contribution in [3.05, 3.63) is 46.7 Å². The molecule has 4 heterocycles. The normalized spacial score (nSPS) is 15.2. The van der Waals surface area contributed by atoms with E-state index in [1.54, 1.807) is 6.26 Å². The van der Waals surface area contributed by atoms with Crippen LogP contribution in [-0.4, -0.2) is 49.7 Å². The summed E-state index contributed by atoms with van der Waals surface area (Å²) in [4.78, 5) is 30.6. The highest BCUT2D eigenvalue weighted by molar-refractivity contribution is 8.00. The summed E-state index contributed by atoms with van der Waals surface area (Å²) in [6.45, 7) is 9.43. The van der Waals surface area contributed by atoms with Gasteiger partial charge in [-0.05, 0) is 64.7 Å². The van der Waals surface area contributed by atoms with Gasteiger partial charge in [-0.25, -0.2) is 0 Å². The van der Waals surface area contributed by atoms with Gasteiger partial charge in [0.25, 0.3) is 0 Å². The molecule has 4 rings (SSSR count). The standard InChI is InChI=1S/C23H29N5O3S/c1-14-19(16(3)29)15(2)24-20(14)21(30)17(4)32-23-26-25-22(27-10-6-5-7-11-27)28(23)13-18-9-8-12-31-18/h8-9,12,17,24H,5-7,10-11,13H2,1-4H3/t17-/m0/s1. The number of hydrogen-bond acceptors (Lipinski definition) is 7. The van der Waals surface area contributed by atoms with Crippen LogP contribution < -0.4 is 4.90 Å². The maximum absolute atomic E-state index is 13.2. The van der Waals surface area contributed by atoms with Gasteiger partial charge < -0.3 is 14.3 Å². The van der Waals surface area contributed by atoms with E-state index in [9.17, 15) is 9.59 Å². The topological polar surface area (TPSA) is 97.0 Å². The van der Waals surface area contributed by atoms with Crippen LogP contribution in [0.1, 0.15) is 71.0 Å². The molecule has 3 aromatic rings. The lowest BCUT2D eigenvalue weighted by Gasteiger charge is -2.27. The third kappa shape index (κ3) is 4.39. The highest BCUT2D eigenvalue weighted by Gasteiger charge is 2.27. The van der Waals surface area contributed by atoms with Crippen LogP contribution in [0.2, 0.25) is 0 Å². The van der Waals surface area contributed by atoms with E-state index < -0.39 is 5.25 Å². The summed E-state index contributed by atoms with van der Waals surface area (Å²) in [5.41, 5.74) is 2.52.